The van der Waals surface area contributed by atoms with Gasteiger partial charge in [0.1, 0.15) is 5.76 Å². The maximum atomic E-state index is 11.7. The van der Waals surface area contributed by atoms with Gasteiger partial charge in [-0.15, -0.1) is 0 Å². The van der Waals surface area contributed by atoms with Gasteiger partial charge in [-0.05, 0) is 20.8 Å². The number of methoxy groups -OCH3 is 1. The highest BCUT2D eigenvalue weighted by Gasteiger charge is 2.32. The average Bonchev–Trinajstić information content (AvgIpc) is 2.58. The van der Waals surface area contributed by atoms with Crippen LogP contribution in [0.15, 0.2) is 4.42 Å². The average molecular weight is 253 g/mol. The van der Waals surface area contributed by atoms with Gasteiger partial charge in [0.25, 0.3) is 0 Å². The fourth-order valence-electron chi connectivity index (χ4n) is 1.68. The van der Waals surface area contributed by atoms with Gasteiger partial charge in [0.05, 0.1) is 18.2 Å². The molecule has 0 bridgehead atoms. The summed E-state index contributed by atoms with van der Waals surface area (Å²) < 4.78 is 10.5. The highest BCUT2D eigenvalue weighted by molar-refractivity contribution is 5.76. The summed E-state index contributed by atoms with van der Waals surface area (Å²) in [4.78, 5) is 16.2. The van der Waals surface area contributed by atoms with Crippen molar-refractivity contribution >= 4 is 5.97 Å². The summed E-state index contributed by atoms with van der Waals surface area (Å²) in [6, 6.07) is 0. The zero-order chi connectivity index (χ0) is 14.1. The van der Waals surface area contributed by atoms with Crippen molar-refractivity contribution in [2.24, 2.45) is 5.41 Å². The minimum atomic E-state index is -0.592. The number of rotatable bonds is 3. The molecule has 0 amide bonds. The quantitative estimate of drug-likeness (QED) is 0.777. The van der Waals surface area contributed by atoms with Crippen LogP contribution in [0.25, 0.3) is 0 Å². The molecule has 1 aromatic rings. The summed E-state index contributed by atoms with van der Waals surface area (Å²) in [6.45, 7) is 11.7. The summed E-state index contributed by atoms with van der Waals surface area (Å²) in [5.74, 6) is 1.25. The Kier molecular flexibility index (Phi) is 3.89. The van der Waals surface area contributed by atoms with Crippen molar-refractivity contribution in [3.05, 3.63) is 17.3 Å². The van der Waals surface area contributed by atoms with Crippen molar-refractivity contribution in [1.82, 2.24) is 4.98 Å². The first-order valence-electron chi connectivity index (χ1n) is 6.13. The lowest BCUT2D eigenvalue weighted by Gasteiger charge is -2.20. The lowest BCUT2D eigenvalue weighted by atomic mass is 9.87. The Balaban J connectivity index is 2.99. The van der Waals surface area contributed by atoms with Crippen LogP contribution >= 0.6 is 0 Å². The van der Waals surface area contributed by atoms with E-state index < -0.39 is 5.41 Å². The Hall–Kier alpha value is -1.32. The maximum Gasteiger partial charge on any atom is 0.311 e. The highest BCUT2D eigenvalue weighted by atomic mass is 16.5. The summed E-state index contributed by atoms with van der Waals surface area (Å²) >= 11 is 0. The first-order valence-corrected chi connectivity index (χ1v) is 6.13. The summed E-state index contributed by atoms with van der Waals surface area (Å²) in [5.41, 5.74) is 0.111. The van der Waals surface area contributed by atoms with Gasteiger partial charge in [0.15, 0.2) is 5.89 Å². The maximum absolute atomic E-state index is 11.7. The second-order valence-corrected chi connectivity index (χ2v) is 6.32. The van der Waals surface area contributed by atoms with E-state index in [0.29, 0.717) is 12.3 Å². The van der Waals surface area contributed by atoms with E-state index in [-0.39, 0.29) is 11.4 Å². The standard InChI is InChI=1S/C14H23NO3/c1-9-10(8-14(5,6)12(16)17-7)15-11(18-9)13(2,3)4/h8H2,1-7H3. The number of aryl methyl sites for hydroxylation is 1. The van der Waals surface area contributed by atoms with Gasteiger partial charge in [0.2, 0.25) is 0 Å². The van der Waals surface area contributed by atoms with Gasteiger partial charge in [-0.3, -0.25) is 4.79 Å². The summed E-state index contributed by atoms with van der Waals surface area (Å²) in [7, 11) is 1.40. The topological polar surface area (TPSA) is 52.3 Å². The molecule has 0 saturated carbocycles. The fourth-order valence-corrected chi connectivity index (χ4v) is 1.68. The number of oxazole rings is 1. The fraction of sp³-hybridized carbons (Fsp3) is 0.714. The van der Waals surface area contributed by atoms with E-state index in [1.165, 1.54) is 7.11 Å². The SMILES string of the molecule is COC(=O)C(C)(C)Cc1nc(C(C)(C)C)oc1C. The molecule has 0 N–H and O–H groups in total. The molecule has 4 nitrogen and oxygen atoms in total. The van der Waals surface area contributed by atoms with Gasteiger partial charge < -0.3 is 9.15 Å². The Labute approximate surface area is 109 Å². The molecule has 18 heavy (non-hydrogen) atoms. The Bertz CT molecular complexity index is 438. The van der Waals surface area contributed by atoms with E-state index in [0.717, 1.165) is 11.5 Å². The third-order valence-corrected chi connectivity index (χ3v) is 2.88. The Morgan fingerprint density at radius 2 is 1.83 bits per heavy atom. The van der Waals surface area contributed by atoms with Crippen LogP contribution in [0, 0.1) is 12.3 Å². The van der Waals surface area contributed by atoms with E-state index >= 15 is 0 Å². The van der Waals surface area contributed by atoms with Crippen LogP contribution < -0.4 is 0 Å². The molecule has 0 saturated heterocycles. The Morgan fingerprint density at radius 3 is 2.22 bits per heavy atom. The molecule has 0 aromatic carbocycles. The smallest absolute Gasteiger partial charge is 0.311 e. The first-order chi connectivity index (χ1) is 8.08. The van der Waals surface area contributed by atoms with E-state index in [9.17, 15) is 4.79 Å². The lowest BCUT2D eigenvalue weighted by molar-refractivity contribution is -0.150. The Morgan fingerprint density at radius 1 is 1.28 bits per heavy atom. The third-order valence-electron chi connectivity index (χ3n) is 2.88. The van der Waals surface area contributed by atoms with Gasteiger partial charge in [-0.1, -0.05) is 20.8 Å². The molecule has 1 aromatic heterocycles. The van der Waals surface area contributed by atoms with Gasteiger partial charge in [-0.25, -0.2) is 4.98 Å². The molecule has 0 radical (unpaired) electrons. The summed E-state index contributed by atoms with van der Waals surface area (Å²) in [5, 5.41) is 0. The normalized spacial score (nSPS) is 12.6. The molecule has 0 unspecified atom stereocenters. The number of esters is 1. The summed E-state index contributed by atoms with van der Waals surface area (Å²) in [6.07, 6.45) is 0.519. The van der Waals surface area contributed by atoms with Crippen LogP contribution in [0.1, 0.15) is 52.0 Å². The van der Waals surface area contributed by atoms with Crippen molar-refractivity contribution < 1.29 is 13.9 Å². The number of aromatic nitrogens is 1. The number of hydrogen-bond acceptors (Lipinski definition) is 4. The monoisotopic (exact) mass is 253 g/mol. The van der Waals surface area contributed by atoms with Crippen molar-refractivity contribution in [2.75, 3.05) is 7.11 Å². The van der Waals surface area contributed by atoms with Crippen molar-refractivity contribution in [3.8, 4) is 0 Å². The number of ether oxygens (including phenoxy) is 1. The molecule has 0 fully saturated rings. The highest BCUT2D eigenvalue weighted by Crippen LogP contribution is 2.28. The van der Waals surface area contributed by atoms with Gasteiger partial charge >= 0.3 is 5.97 Å². The minimum absolute atomic E-state index is 0.127. The molecule has 0 atom stereocenters. The van der Waals surface area contributed by atoms with Gasteiger partial charge in [-0.2, -0.15) is 0 Å². The number of hydrogen-bond donors (Lipinski definition) is 0. The molecule has 0 aliphatic carbocycles. The second-order valence-electron chi connectivity index (χ2n) is 6.32. The molecule has 1 heterocycles. The van der Waals surface area contributed by atoms with Crippen molar-refractivity contribution in [3.63, 3.8) is 0 Å². The molecular weight excluding hydrogens is 230 g/mol. The first kappa shape index (κ1) is 14.7. The molecule has 0 spiro atoms. The number of nitrogens with zero attached hydrogens (tertiary/aromatic N) is 1. The molecular formula is C14H23NO3. The third kappa shape index (κ3) is 3.12. The molecule has 102 valence electrons. The zero-order valence-electron chi connectivity index (χ0n) is 12.4. The van der Waals surface area contributed by atoms with Crippen LogP contribution in [0.4, 0.5) is 0 Å². The minimum Gasteiger partial charge on any atom is -0.469 e. The van der Waals surface area contributed by atoms with Crippen LogP contribution in [-0.2, 0) is 21.4 Å². The number of carbonyl (C=O) groups excluding carboxylic acids is 1. The largest absolute Gasteiger partial charge is 0.469 e. The van der Waals surface area contributed by atoms with Crippen LogP contribution in [0.3, 0.4) is 0 Å². The van der Waals surface area contributed by atoms with Crippen LogP contribution in [0.2, 0.25) is 0 Å². The van der Waals surface area contributed by atoms with E-state index in [2.05, 4.69) is 4.98 Å². The molecule has 4 heteroatoms. The molecule has 0 aliphatic rings. The second kappa shape index (κ2) is 4.75. The molecule has 1 rings (SSSR count). The predicted molar refractivity (Wildman–Crippen MR) is 69.4 cm³/mol. The van der Waals surface area contributed by atoms with E-state index in [1.807, 2.05) is 41.5 Å². The van der Waals surface area contributed by atoms with Crippen molar-refractivity contribution in [1.29, 1.82) is 0 Å². The van der Waals surface area contributed by atoms with Gasteiger partial charge in [0, 0.05) is 11.8 Å². The van der Waals surface area contributed by atoms with E-state index in [4.69, 9.17) is 9.15 Å². The van der Waals surface area contributed by atoms with Crippen LogP contribution in [0.5, 0.6) is 0 Å². The molecule has 0 aliphatic heterocycles. The number of carbonyl (C=O) groups is 1. The van der Waals surface area contributed by atoms with E-state index in [1.54, 1.807) is 0 Å². The predicted octanol–water partition coefficient (Wildman–Crippen LogP) is 3.02. The zero-order valence-corrected chi connectivity index (χ0v) is 12.4. The lowest BCUT2D eigenvalue weighted by Crippen LogP contribution is -2.28. The van der Waals surface area contributed by atoms with Crippen molar-refractivity contribution in [2.45, 2.75) is 53.4 Å². The van der Waals surface area contributed by atoms with Crippen LogP contribution in [-0.4, -0.2) is 18.1 Å².